The molecule has 0 aliphatic heterocycles. The zero-order valence-electron chi connectivity index (χ0n) is 3.86. The van der Waals surface area contributed by atoms with Crippen molar-refractivity contribution < 1.29 is 51.1 Å². The standard InChI is InChI=1S/2CH2O3.W/c2*2-1(3)4;/h2*(H2,2,3,4);/p-4. The molecule has 0 spiro atoms. The van der Waals surface area contributed by atoms with Crippen LogP contribution in [0.4, 0.5) is 9.59 Å². The van der Waals surface area contributed by atoms with Crippen molar-refractivity contribution in [2.45, 2.75) is 0 Å². The first kappa shape index (κ1) is 15.7. The molecule has 0 aromatic rings. The quantitative estimate of drug-likeness (QED) is 0.441. The molecule has 6 nitrogen and oxygen atoms in total. The summed E-state index contributed by atoms with van der Waals surface area (Å²) in [4.78, 5) is 16.7. The van der Waals surface area contributed by atoms with E-state index in [1.807, 2.05) is 0 Å². The molecule has 0 unspecified atom stereocenters. The minimum atomic E-state index is -2.33. The van der Waals surface area contributed by atoms with Gasteiger partial charge in [-0.2, -0.15) is 0 Å². The Morgan fingerprint density at radius 3 is 0.778 bits per heavy atom. The van der Waals surface area contributed by atoms with Gasteiger partial charge in [0, 0.05) is 21.1 Å². The molecule has 7 heteroatoms. The van der Waals surface area contributed by atoms with Crippen LogP contribution in [0.3, 0.4) is 0 Å². The van der Waals surface area contributed by atoms with Gasteiger partial charge in [-0.25, -0.2) is 0 Å². The van der Waals surface area contributed by atoms with Crippen LogP contribution in [-0.4, -0.2) is 12.3 Å². The van der Waals surface area contributed by atoms with Crippen LogP contribution in [0.5, 0.6) is 0 Å². The van der Waals surface area contributed by atoms with Crippen molar-refractivity contribution in [2.24, 2.45) is 0 Å². The van der Waals surface area contributed by atoms with Crippen molar-refractivity contribution in [3.63, 3.8) is 0 Å². The first-order chi connectivity index (χ1) is 3.46. The molecule has 0 amide bonds. The fourth-order valence-electron chi connectivity index (χ4n) is 0. The number of rotatable bonds is 0. The van der Waals surface area contributed by atoms with Crippen LogP contribution in [0, 0.1) is 0 Å². The molecule has 9 heavy (non-hydrogen) atoms. The number of carboxylic acid groups (broad SMARTS) is 4. The predicted molar refractivity (Wildman–Crippen MR) is 10.8 cm³/mol. The van der Waals surface area contributed by atoms with E-state index in [1.165, 1.54) is 0 Å². The van der Waals surface area contributed by atoms with E-state index in [2.05, 4.69) is 0 Å². The molecule has 0 fully saturated rings. The summed E-state index contributed by atoms with van der Waals surface area (Å²) in [5.41, 5.74) is 0. The van der Waals surface area contributed by atoms with Gasteiger partial charge in [0.25, 0.3) is 0 Å². The summed E-state index contributed by atoms with van der Waals surface area (Å²) in [6.07, 6.45) is -4.67. The van der Waals surface area contributed by atoms with Gasteiger partial charge in [0.05, 0.1) is 0 Å². The van der Waals surface area contributed by atoms with Crippen molar-refractivity contribution >= 4 is 12.3 Å². The summed E-state index contributed by atoms with van der Waals surface area (Å²) >= 11 is 0. The Morgan fingerprint density at radius 2 is 0.778 bits per heavy atom. The molecule has 0 radical (unpaired) electrons. The van der Waals surface area contributed by atoms with Crippen molar-refractivity contribution in [3.8, 4) is 0 Å². The summed E-state index contributed by atoms with van der Waals surface area (Å²) in [6.45, 7) is 0. The second kappa shape index (κ2) is 10.3. The largest absolute Gasteiger partial charge is 0.652 e. The molecule has 54 valence electrons. The maximum Gasteiger partial charge on any atom is 0 e. The van der Waals surface area contributed by atoms with Gasteiger partial charge in [0.2, 0.25) is 0 Å². The van der Waals surface area contributed by atoms with Crippen LogP contribution >= 0.6 is 0 Å². The van der Waals surface area contributed by atoms with Crippen LogP contribution < -0.4 is 20.4 Å². The van der Waals surface area contributed by atoms with Gasteiger partial charge < -0.3 is 30.0 Å². The molecular weight excluding hydrogens is 304 g/mol. The van der Waals surface area contributed by atoms with Crippen LogP contribution in [-0.2, 0) is 21.1 Å². The van der Waals surface area contributed by atoms with E-state index in [9.17, 15) is 0 Å². The summed E-state index contributed by atoms with van der Waals surface area (Å²) in [5.74, 6) is 0. The molecule has 0 bridgehead atoms. The molecule has 0 rings (SSSR count). The van der Waals surface area contributed by atoms with Crippen LogP contribution in [0.2, 0.25) is 0 Å². The molecule has 0 aliphatic carbocycles. The zero-order chi connectivity index (χ0) is 7.15. The predicted octanol–water partition coefficient (Wildman–Crippen LogP) is -4.90. The molecule has 0 saturated heterocycles. The average Bonchev–Trinajstić information content (AvgIpc) is 1.25. The topological polar surface area (TPSA) is 126 Å². The Morgan fingerprint density at radius 1 is 0.778 bits per heavy atom. The Balaban J connectivity index is -0.0000000720. The SMILES string of the molecule is O=C([O-])[O-].O=C([O-])[O-].[W]. The minimum Gasteiger partial charge on any atom is -0.652 e. The van der Waals surface area contributed by atoms with E-state index in [0.29, 0.717) is 0 Å². The van der Waals surface area contributed by atoms with Gasteiger partial charge in [-0.15, -0.1) is 0 Å². The maximum absolute atomic E-state index is 8.33. The molecule has 0 aromatic carbocycles. The minimum absolute atomic E-state index is 0. The average molecular weight is 304 g/mol. The van der Waals surface area contributed by atoms with Crippen molar-refractivity contribution in [1.82, 2.24) is 0 Å². The van der Waals surface area contributed by atoms with E-state index >= 15 is 0 Å². The number of carbonyl (C=O) groups is 2. The Hall–Kier alpha value is -0.772. The van der Waals surface area contributed by atoms with E-state index in [1.54, 1.807) is 0 Å². The van der Waals surface area contributed by atoms with Gasteiger partial charge in [-0.1, -0.05) is 0 Å². The summed E-state index contributed by atoms with van der Waals surface area (Å²) in [5, 5.41) is 33.3. The third-order valence-corrected chi connectivity index (χ3v) is 0. The number of hydrogen-bond acceptors (Lipinski definition) is 6. The van der Waals surface area contributed by atoms with Gasteiger partial charge in [0.1, 0.15) is 0 Å². The van der Waals surface area contributed by atoms with E-state index in [-0.39, 0.29) is 21.1 Å². The van der Waals surface area contributed by atoms with Gasteiger partial charge >= 0.3 is 0 Å². The van der Waals surface area contributed by atoms with Crippen LogP contribution in [0.15, 0.2) is 0 Å². The van der Waals surface area contributed by atoms with E-state index < -0.39 is 12.3 Å². The third-order valence-electron chi connectivity index (χ3n) is 0. The smallest absolute Gasteiger partial charge is 0 e. The summed E-state index contributed by atoms with van der Waals surface area (Å²) < 4.78 is 0. The normalized spacial score (nSPS) is 5.33. The van der Waals surface area contributed by atoms with Gasteiger partial charge in [-0.05, 0) is 12.3 Å². The molecule has 0 aromatic heterocycles. The molecular formula is C2O6W-4. The summed E-state index contributed by atoms with van der Waals surface area (Å²) in [7, 11) is 0. The molecule has 0 saturated carbocycles. The number of hydrogen-bond donors (Lipinski definition) is 0. The molecule has 0 heterocycles. The zero-order valence-corrected chi connectivity index (χ0v) is 6.79. The third kappa shape index (κ3) is 332. The molecule has 0 N–H and O–H groups in total. The van der Waals surface area contributed by atoms with Gasteiger partial charge in [0.15, 0.2) is 0 Å². The second-order valence-corrected chi connectivity index (χ2v) is 0.500. The van der Waals surface area contributed by atoms with Crippen molar-refractivity contribution in [2.75, 3.05) is 0 Å². The molecule has 0 aliphatic rings. The van der Waals surface area contributed by atoms with E-state index in [4.69, 9.17) is 30.0 Å². The Kier molecular flexibility index (Phi) is 17.9. The second-order valence-electron chi connectivity index (χ2n) is 0.500. The Labute approximate surface area is 64.0 Å². The van der Waals surface area contributed by atoms with Crippen molar-refractivity contribution in [1.29, 1.82) is 0 Å². The van der Waals surface area contributed by atoms with Gasteiger partial charge in [-0.3, -0.25) is 0 Å². The first-order valence-electron chi connectivity index (χ1n) is 1.22. The van der Waals surface area contributed by atoms with Crippen LogP contribution in [0.25, 0.3) is 0 Å². The Bertz CT molecular complexity index is 69.1. The van der Waals surface area contributed by atoms with E-state index in [0.717, 1.165) is 0 Å². The van der Waals surface area contributed by atoms with Crippen LogP contribution in [0.1, 0.15) is 0 Å². The maximum atomic E-state index is 8.33. The monoisotopic (exact) mass is 304 g/mol. The van der Waals surface area contributed by atoms with Crippen molar-refractivity contribution in [3.05, 3.63) is 0 Å². The fraction of sp³-hybridized carbons (Fsp3) is 0. The number of carbonyl (C=O) groups excluding carboxylic acids is 2. The summed E-state index contributed by atoms with van der Waals surface area (Å²) in [6, 6.07) is 0. The fourth-order valence-corrected chi connectivity index (χ4v) is 0. The molecule has 0 atom stereocenters. The first-order valence-corrected chi connectivity index (χ1v) is 1.22.